The van der Waals surface area contributed by atoms with Gasteiger partial charge in [0.05, 0.1) is 6.54 Å². The summed E-state index contributed by atoms with van der Waals surface area (Å²) < 4.78 is 2.97. The monoisotopic (exact) mass is 408 g/mol. The molecule has 0 bridgehead atoms. The maximum Gasteiger partial charge on any atom is 0.332 e. The lowest BCUT2D eigenvalue weighted by Crippen LogP contribution is -2.44. The van der Waals surface area contributed by atoms with Crippen LogP contribution in [0, 0.1) is 19.8 Å². The Bertz CT molecular complexity index is 1170. The molecule has 29 heavy (non-hydrogen) atoms. The summed E-state index contributed by atoms with van der Waals surface area (Å²) in [5.41, 5.74) is 1.18. The fourth-order valence-electron chi connectivity index (χ4n) is 4.57. The van der Waals surface area contributed by atoms with E-state index < -0.39 is 11.1 Å². The fourth-order valence-corrected chi connectivity index (χ4v) is 5.50. The van der Waals surface area contributed by atoms with Crippen molar-refractivity contribution in [3.63, 3.8) is 0 Å². The molecule has 2 atom stereocenters. The molecular weight excluding hydrogens is 384 g/mol. The second-order valence-electron chi connectivity index (χ2n) is 8.30. The summed E-state index contributed by atoms with van der Waals surface area (Å²) in [7, 11) is 0. The number of fused-ring (bicyclic) bond motifs is 3. The van der Waals surface area contributed by atoms with Crippen molar-refractivity contribution in [1.29, 1.82) is 0 Å². The largest absolute Gasteiger partial charge is 0.332 e. The van der Waals surface area contributed by atoms with E-state index in [0.29, 0.717) is 19.0 Å². The van der Waals surface area contributed by atoms with E-state index >= 15 is 0 Å². The minimum Gasteiger partial charge on any atom is -0.297 e. The summed E-state index contributed by atoms with van der Waals surface area (Å²) in [6.07, 6.45) is 0. The van der Waals surface area contributed by atoms with Gasteiger partial charge in [0.15, 0.2) is 0 Å². The summed E-state index contributed by atoms with van der Waals surface area (Å²) in [6, 6.07) is 12.4. The highest BCUT2D eigenvalue weighted by Crippen LogP contribution is 2.38. The number of thiophene rings is 1. The Hall–Kier alpha value is -2.51. The Morgan fingerprint density at radius 3 is 2.48 bits per heavy atom. The lowest BCUT2D eigenvalue weighted by Gasteiger charge is -2.17. The first-order valence-corrected chi connectivity index (χ1v) is 10.8. The topological polar surface area (TPSA) is 60.1 Å². The summed E-state index contributed by atoms with van der Waals surface area (Å²) in [5, 5.41) is 4.66. The van der Waals surface area contributed by atoms with E-state index in [9.17, 15) is 9.59 Å². The van der Waals surface area contributed by atoms with Crippen LogP contribution in [0.4, 0.5) is 0 Å². The summed E-state index contributed by atoms with van der Waals surface area (Å²) in [5.74, 6) is 1.34. The average Bonchev–Trinajstić information content (AvgIpc) is 3.37. The van der Waals surface area contributed by atoms with E-state index in [-0.39, 0.29) is 5.92 Å². The van der Waals surface area contributed by atoms with Crippen LogP contribution < -0.4 is 11.1 Å². The lowest BCUT2D eigenvalue weighted by atomic mass is 10.00. The SMILES string of the molecule is Cc1ccc(Cn2nc3n(c(=O)c2=O)CC2CN(Cc4ccc(C)s4)CC32)cc1. The second kappa shape index (κ2) is 7.07. The first-order valence-electron chi connectivity index (χ1n) is 10.0. The van der Waals surface area contributed by atoms with Gasteiger partial charge in [-0.1, -0.05) is 29.8 Å². The van der Waals surface area contributed by atoms with Gasteiger partial charge in [-0.15, -0.1) is 11.3 Å². The molecule has 1 fully saturated rings. The van der Waals surface area contributed by atoms with E-state index in [1.54, 1.807) is 4.57 Å². The van der Waals surface area contributed by atoms with Gasteiger partial charge in [-0.05, 0) is 31.5 Å². The standard InChI is InChI=1S/C22H24N4O2S/c1-14-3-6-16(7-4-14)9-26-22(28)21(27)25-11-17-10-24(13-19(17)20(25)23-26)12-18-8-5-15(2)29-18/h3-8,17,19H,9-13H2,1-2H3. The van der Waals surface area contributed by atoms with E-state index in [1.807, 2.05) is 42.5 Å². The van der Waals surface area contributed by atoms with Crippen LogP contribution in [0.5, 0.6) is 0 Å². The zero-order valence-corrected chi connectivity index (χ0v) is 17.5. The Labute approximate surface area is 173 Å². The lowest BCUT2D eigenvalue weighted by molar-refractivity contribution is 0.306. The highest BCUT2D eigenvalue weighted by Gasteiger charge is 2.42. The normalized spacial score (nSPS) is 20.8. The number of aryl methyl sites for hydroxylation is 2. The van der Waals surface area contributed by atoms with Crippen LogP contribution in [-0.2, 0) is 19.6 Å². The molecule has 1 saturated heterocycles. The molecule has 5 rings (SSSR count). The first-order chi connectivity index (χ1) is 14.0. The minimum absolute atomic E-state index is 0.216. The van der Waals surface area contributed by atoms with Crippen molar-refractivity contribution in [1.82, 2.24) is 19.2 Å². The third-order valence-corrected chi connectivity index (χ3v) is 7.04. The molecule has 0 N–H and O–H groups in total. The van der Waals surface area contributed by atoms with E-state index in [1.165, 1.54) is 14.4 Å². The van der Waals surface area contributed by atoms with Crippen LogP contribution in [0.2, 0.25) is 0 Å². The van der Waals surface area contributed by atoms with Crippen LogP contribution in [0.25, 0.3) is 0 Å². The summed E-state index contributed by atoms with van der Waals surface area (Å²) in [6.45, 7) is 7.86. The third kappa shape index (κ3) is 3.38. The molecule has 6 nitrogen and oxygen atoms in total. The van der Waals surface area contributed by atoms with Gasteiger partial charge in [0.1, 0.15) is 5.82 Å². The van der Waals surface area contributed by atoms with Gasteiger partial charge >= 0.3 is 11.1 Å². The molecule has 7 heteroatoms. The Balaban J connectivity index is 1.41. The summed E-state index contributed by atoms with van der Waals surface area (Å²) in [4.78, 5) is 30.4. The van der Waals surface area contributed by atoms with Crippen molar-refractivity contribution in [2.75, 3.05) is 13.1 Å². The average molecular weight is 409 g/mol. The fraction of sp³-hybridized carbons (Fsp3) is 0.409. The quantitative estimate of drug-likeness (QED) is 0.622. The van der Waals surface area contributed by atoms with E-state index in [2.05, 4.69) is 29.1 Å². The van der Waals surface area contributed by atoms with Crippen molar-refractivity contribution < 1.29 is 0 Å². The van der Waals surface area contributed by atoms with Gasteiger partial charge in [-0.25, -0.2) is 4.68 Å². The predicted octanol–water partition coefficient (Wildman–Crippen LogP) is 2.36. The van der Waals surface area contributed by atoms with Gasteiger partial charge in [-0.3, -0.25) is 19.1 Å². The van der Waals surface area contributed by atoms with Crippen LogP contribution in [0.3, 0.4) is 0 Å². The Kier molecular flexibility index (Phi) is 4.52. The number of hydrogen-bond acceptors (Lipinski definition) is 5. The highest BCUT2D eigenvalue weighted by molar-refractivity contribution is 7.11. The molecule has 0 radical (unpaired) electrons. The van der Waals surface area contributed by atoms with Gasteiger partial charge in [0.2, 0.25) is 0 Å². The van der Waals surface area contributed by atoms with Gasteiger partial charge in [0.25, 0.3) is 0 Å². The predicted molar refractivity (Wildman–Crippen MR) is 114 cm³/mol. The second-order valence-corrected chi connectivity index (χ2v) is 9.67. The number of nitrogens with zero attached hydrogens (tertiary/aromatic N) is 4. The molecule has 0 spiro atoms. The minimum atomic E-state index is -0.528. The molecule has 0 saturated carbocycles. The van der Waals surface area contributed by atoms with Crippen molar-refractivity contribution in [3.05, 3.63) is 83.8 Å². The van der Waals surface area contributed by atoms with Crippen LogP contribution in [0.1, 0.15) is 32.6 Å². The van der Waals surface area contributed by atoms with Crippen LogP contribution in [-0.4, -0.2) is 32.3 Å². The number of likely N-dealkylation sites (tertiary alicyclic amines) is 1. The van der Waals surface area contributed by atoms with Crippen LogP contribution in [0.15, 0.2) is 46.0 Å². The molecule has 2 aliphatic heterocycles. The Morgan fingerprint density at radius 2 is 1.76 bits per heavy atom. The smallest absolute Gasteiger partial charge is 0.297 e. The number of hydrogen-bond donors (Lipinski definition) is 0. The zero-order valence-electron chi connectivity index (χ0n) is 16.7. The molecule has 0 aliphatic carbocycles. The van der Waals surface area contributed by atoms with Gasteiger partial charge < -0.3 is 0 Å². The molecular formula is C22H24N4O2S. The summed E-state index contributed by atoms with van der Waals surface area (Å²) >= 11 is 1.84. The molecule has 2 unspecified atom stereocenters. The molecule has 150 valence electrons. The van der Waals surface area contributed by atoms with Gasteiger partial charge in [0, 0.05) is 47.8 Å². The number of benzene rings is 1. The van der Waals surface area contributed by atoms with Crippen molar-refractivity contribution in [3.8, 4) is 0 Å². The van der Waals surface area contributed by atoms with Crippen molar-refractivity contribution in [2.24, 2.45) is 5.92 Å². The van der Waals surface area contributed by atoms with Crippen molar-refractivity contribution in [2.45, 2.75) is 39.4 Å². The molecule has 2 aromatic heterocycles. The maximum absolute atomic E-state index is 12.7. The molecule has 1 aromatic carbocycles. The first kappa shape index (κ1) is 18.5. The van der Waals surface area contributed by atoms with Gasteiger partial charge in [-0.2, -0.15) is 5.10 Å². The maximum atomic E-state index is 12.7. The van der Waals surface area contributed by atoms with E-state index in [0.717, 1.165) is 36.6 Å². The molecule has 2 aliphatic rings. The van der Waals surface area contributed by atoms with Crippen molar-refractivity contribution >= 4 is 11.3 Å². The highest BCUT2D eigenvalue weighted by atomic mass is 32.1. The third-order valence-electron chi connectivity index (χ3n) is 6.06. The number of aromatic nitrogens is 3. The molecule has 4 heterocycles. The Morgan fingerprint density at radius 1 is 0.966 bits per heavy atom. The van der Waals surface area contributed by atoms with Crippen LogP contribution >= 0.6 is 11.3 Å². The van der Waals surface area contributed by atoms with E-state index in [4.69, 9.17) is 0 Å². The molecule has 3 aromatic rings. The zero-order chi connectivity index (χ0) is 20.1. The molecule has 0 amide bonds. The number of rotatable bonds is 4.